The third-order valence-corrected chi connectivity index (χ3v) is 5.42. The summed E-state index contributed by atoms with van der Waals surface area (Å²) in [7, 11) is 0. The van der Waals surface area contributed by atoms with Crippen molar-refractivity contribution in [2.45, 2.75) is 13.5 Å². The Hall–Kier alpha value is -3.97. The summed E-state index contributed by atoms with van der Waals surface area (Å²) in [6, 6.07) is 16.4. The normalized spacial score (nSPS) is 10.8. The number of H-pyrrole nitrogens is 1. The van der Waals surface area contributed by atoms with Gasteiger partial charge >= 0.3 is 0 Å². The first kappa shape index (κ1) is 21.3. The molecule has 32 heavy (non-hydrogen) atoms. The first-order valence-corrected chi connectivity index (χ1v) is 10.1. The predicted molar refractivity (Wildman–Crippen MR) is 124 cm³/mol. The van der Waals surface area contributed by atoms with Gasteiger partial charge in [-0.15, -0.1) is 0 Å². The van der Waals surface area contributed by atoms with E-state index in [-0.39, 0.29) is 23.4 Å². The van der Waals surface area contributed by atoms with Gasteiger partial charge in [0, 0.05) is 35.1 Å². The molecule has 7 nitrogen and oxygen atoms in total. The molecular formula is C24H18ClN3O4. The number of nitrogens with one attached hydrogen (secondary N) is 2. The number of carbonyl (C=O) groups excluding carboxylic acids is 2. The Morgan fingerprint density at radius 3 is 2.41 bits per heavy atom. The third-order valence-electron chi connectivity index (χ3n) is 5.06. The van der Waals surface area contributed by atoms with Gasteiger partial charge in [-0.3, -0.25) is 19.2 Å². The van der Waals surface area contributed by atoms with Crippen molar-refractivity contribution in [3.8, 4) is 0 Å². The fraction of sp³-hybridized carbons (Fsp3) is 0.0833. The number of hydrogen-bond acceptors (Lipinski definition) is 4. The maximum atomic E-state index is 13.0. The van der Waals surface area contributed by atoms with E-state index >= 15 is 0 Å². The Morgan fingerprint density at radius 1 is 1.00 bits per heavy atom. The van der Waals surface area contributed by atoms with Crippen molar-refractivity contribution in [1.82, 2.24) is 9.55 Å². The number of anilines is 1. The van der Waals surface area contributed by atoms with E-state index in [0.717, 1.165) is 5.56 Å². The Kier molecular flexibility index (Phi) is 5.75. The molecule has 0 spiro atoms. The van der Waals surface area contributed by atoms with E-state index in [1.165, 1.54) is 25.3 Å². The SMILES string of the molecule is CC(=O)c1ccc(NC(=O)c2cn(Cc3ccccc3Cl)c3ccc(=O)[nH]c3c2=O)cc1. The van der Waals surface area contributed by atoms with Crippen LogP contribution in [0.25, 0.3) is 11.0 Å². The fourth-order valence-corrected chi connectivity index (χ4v) is 3.58. The number of aromatic nitrogens is 2. The number of halogens is 1. The molecule has 0 bridgehead atoms. The lowest BCUT2D eigenvalue weighted by Crippen LogP contribution is -2.26. The summed E-state index contributed by atoms with van der Waals surface area (Å²) in [6.45, 7) is 1.74. The zero-order valence-electron chi connectivity index (χ0n) is 17.0. The lowest BCUT2D eigenvalue weighted by Gasteiger charge is -2.14. The van der Waals surface area contributed by atoms with Crippen LogP contribution >= 0.6 is 11.6 Å². The van der Waals surface area contributed by atoms with Crippen LogP contribution in [0.2, 0.25) is 5.02 Å². The number of pyridine rings is 2. The van der Waals surface area contributed by atoms with Crippen LogP contribution in [0, 0.1) is 0 Å². The van der Waals surface area contributed by atoms with E-state index in [1.54, 1.807) is 34.9 Å². The number of fused-ring (bicyclic) bond motifs is 1. The number of amides is 1. The van der Waals surface area contributed by atoms with Crippen LogP contribution in [-0.2, 0) is 6.54 Å². The molecule has 2 aromatic carbocycles. The zero-order chi connectivity index (χ0) is 22.8. The minimum absolute atomic E-state index is 0.0316. The van der Waals surface area contributed by atoms with Crippen LogP contribution in [-0.4, -0.2) is 21.2 Å². The smallest absolute Gasteiger partial charge is 0.261 e. The molecular weight excluding hydrogens is 430 g/mol. The first-order valence-electron chi connectivity index (χ1n) is 9.76. The van der Waals surface area contributed by atoms with Gasteiger partial charge < -0.3 is 14.9 Å². The number of hydrogen-bond donors (Lipinski definition) is 2. The molecule has 0 saturated carbocycles. The maximum Gasteiger partial charge on any atom is 0.261 e. The lowest BCUT2D eigenvalue weighted by molar-refractivity contribution is 0.101. The molecule has 0 atom stereocenters. The third kappa shape index (κ3) is 4.24. The highest BCUT2D eigenvalue weighted by Gasteiger charge is 2.17. The molecule has 0 saturated heterocycles. The van der Waals surface area contributed by atoms with Gasteiger partial charge in [-0.05, 0) is 48.9 Å². The van der Waals surface area contributed by atoms with Gasteiger partial charge in [-0.2, -0.15) is 0 Å². The number of carbonyl (C=O) groups is 2. The highest BCUT2D eigenvalue weighted by Crippen LogP contribution is 2.19. The molecule has 8 heteroatoms. The van der Waals surface area contributed by atoms with E-state index < -0.39 is 16.9 Å². The molecule has 1 amide bonds. The summed E-state index contributed by atoms with van der Waals surface area (Å²) in [5.41, 5.74) is 1.05. The summed E-state index contributed by atoms with van der Waals surface area (Å²) in [4.78, 5) is 51.8. The van der Waals surface area contributed by atoms with Crippen molar-refractivity contribution >= 4 is 40.0 Å². The second-order valence-corrected chi connectivity index (χ2v) is 7.67. The number of rotatable bonds is 5. The highest BCUT2D eigenvalue weighted by molar-refractivity contribution is 6.31. The van der Waals surface area contributed by atoms with Crippen LogP contribution in [0.5, 0.6) is 0 Å². The van der Waals surface area contributed by atoms with Crippen molar-refractivity contribution in [2.24, 2.45) is 0 Å². The molecule has 0 aliphatic heterocycles. The molecule has 2 heterocycles. The van der Waals surface area contributed by atoms with Gasteiger partial charge in [0.1, 0.15) is 11.1 Å². The molecule has 0 fully saturated rings. The highest BCUT2D eigenvalue weighted by atomic mass is 35.5. The molecule has 2 aromatic heterocycles. The summed E-state index contributed by atoms with van der Waals surface area (Å²) < 4.78 is 1.70. The number of nitrogens with zero attached hydrogens (tertiary/aromatic N) is 1. The van der Waals surface area contributed by atoms with Crippen molar-refractivity contribution in [1.29, 1.82) is 0 Å². The second-order valence-electron chi connectivity index (χ2n) is 7.26. The largest absolute Gasteiger partial charge is 0.341 e. The van der Waals surface area contributed by atoms with Gasteiger partial charge in [0.15, 0.2) is 5.78 Å². The summed E-state index contributed by atoms with van der Waals surface area (Å²) in [5, 5.41) is 3.21. The molecule has 0 unspecified atom stereocenters. The van der Waals surface area contributed by atoms with Gasteiger partial charge in [-0.25, -0.2) is 0 Å². The van der Waals surface area contributed by atoms with Crippen molar-refractivity contribution < 1.29 is 9.59 Å². The molecule has 2 N–H and O–H groups in total. The fourth-order valence-electron chi connectivity index (χ4n) is 3.39. The van der Waals surface area contributed by atoms with Crippen LogP contribution in [0.3, 0.4) is 0 Å². The van der Waals surface area contributed by atoms with Crippen LogP contribution in [0.1, 0.15) is 33.2 Å². The van der Waals surface area contributed by atoms with Gasteiger partial charge in [0.2, 0.25) is 11.0 Å². The van der Waals surface area contributed by atoms with Crippen LogP contribution in [0.4, 0.5) is 5.69 Å². The van der Waals surface area contributed by atoms with Crippen molar-refractivity contribution in [3.63, 3.8) is 0 Å². The predicted octanol–water partition coefficient (Wildman–Crippen LogP) is 3.85. The number of benzene rings is 2. The van der Waals surface area contributed by atoms with Crippen molar-refractivity contribution in [2.75, 3.05) is 5.32 Å². The van der Waals surface area contributed by atoms with Gasteiger partial charge in [-0.1, -0.05) is 29.8 Å². The second kappa shape index (κ2) is 8.64. The van der Waals surface area contributed by atoms with Gasteiger partial charge in [0.05, 0.1) is 5.52 Å². The molecule has 0 radical (unpaired) electrons. The number of Topliss-reactive ketones (excluding diaryl/α,β-unsaturated/α-hetero) is 1. The van der Waals surface area contributed by atoms with E-state index in [1.807, 2.05) is 18.2 Å². The molecule has 4 aromatic rings. The average molecular weight is 448 g/mol. The van der Waals surface area contributed by atoms with Gasteiger partial charge in [0.25, 0.3) is 5.91 Å². The molecule has 0 aliphatic rings. The Bertz CT molecular complexity index is 1470. The topological polar surface area (TPSA) is 101 Å². The number of ketones is 1. The van der Waals surface area contributed by atoms with E-state index in [9.17, 15) is 19.2 Å². The Balaban J connectivity index is 1.78. The monoisotopic (exact) mass is 447 g/mol. The van der Waals surface area contributed by atoms with Crippen molar-refractivity contribution in [3.05, 3.63) is 109 Å². The molecule has 0 aliphatic carbocycles. The standard InChI is InChI=1S/C24H18ClN3O4/c1-14(29)15-6-8-17(9-7-15)26-24(32)18-13-28(12-16-4-2-3-5-19(16)25)20-10-11-21(30)27-22(20)23(18)31/h2-11,13H,12H2,1H3,(H,26,32)(H,27,30). The first-order chi connectivity index (χ1) is 15.3. The Labute approximate surface area is 187 Å². The molecule has 160 valence electrons. The van der Waals surface area contributed by atoms with Crippen LogP contribution < -0.4 is 16.3 Å². The minimum Gasteiger partial charge on any atom is -0.341 e. The average Bonchev–Trinajstić information content (AvgIpc) is 2.77. The minimum atomic E-state index is -0.634. The summed E-state index contributed by atoms with van der Waals surface area (Å²) in [6.07, 6.45) is 1.45. The number of aromatic amines is 1. The van der Waals surface area contributed by atoms with Crippen LogP contribution in [0.15, 0.2) is 76.4 Å². The summed E-state index contributed by atoms with van der Waals surface area (Å²) >= 11 is 6.29. The maximum absolute atomic E-state index is 13.0. The lowest BCUT2D eigenvalue weighted by atomic mass is 10.1. The Morgan fingerprint density at radius 2 is 1.72 bits per heavy atom. The zero-order valence-corrected chi connectivity index (χ0v) is 17.8. The van der Waals surface area contributed by atoms with E-state index in [2.05, 4.69) is 10.3 Å². The van der Waals surface area contributed by atoms with E-state index in [0.29, 0.717) is 21.8 Å². The quantitative estimate of drug-likeness (QED) is 0.454. The molecule has 4 rings (SSSR count). The summed E-state index contributed by atoms with van der Waals surface area (Å²) in [5.74, 6) is -0.728. The van der Waals surface area contributed by atoms with E-state index in [4.69, 9.17) is 11.6 Å².